The zero-order valence-electron chi connectivity index (χ0n) is 14.7. The van der Waals surface area contributed by atoms with Crippen LogP contribution in [0.5, 0.6) is 0 Å². The second-order valence-corrected chi connectivity index (χ2v) is 7.96. The van der Waals surface area contributed by atoms with Crippen molar-refractivity contribution in [2.24, 2.45) is 0 Å². The van der Waals surface area contributed by atoms with Gasteiger partial charge in [-0.1, -0.05) is 30.3 Å². The van der Waals surface area contributed by atoms with Gasteiger partial charge < -0.3 is 4.74 Å². The van der Waals surface area contributed by atoms with Crippen molar-refractivity contribution in [2.45, 2.75) is 5.75 Å². The topological polar surface area (TPSA) is 105 Å². The van der Waals surface area contributed by atoms with Gasteiger partial charge in [0.05, 0.1) is 17.4 Å². The lowest BCUT2D eigenvalue weighted by Crippen LogP contribution is -2.35. The molecule has 0 atom stereocenters. The maximum absolute atomic E-state index is 12.3. The first kappa shape index (κ1) is 20.1. The average Bonchev–Trinajstić information content (AvgIpc) is 2.63. The van der Waals surface area contributed by atoms with Crippen molar-refractivity contribution < 1.29 is 22.7 Å². The van der Waals surface area contributed by atoms with Gasteiger partial charge >= 0.3 is 5.97 Å². The molecular formula is C19H18N2O5S. The third-order valence-electron chi connectivity index (χ3n) is 3.52. The van der Waals surface area contributed by atoms with E-state index < -0.39 is 28.3 Å². The molecule has 0 saturated carbocycles. The molecule has 2 aromatic carbocycles. The normalized spacial score (nSPS) is 10.7. The quantitative estimate of drug-likeness (QED) is 0.532. The van der Waals surface area contributed by atoms with Crippen LogP contribution in [0, 0.1) is 11.3 Å². The highest BCUT2D eigenvalue weighted by atomic mass is 32.2. The standard InChI is InChI=1S/C19H18N2O5S/c1-27(24,25)14-15-6-5-7-16(12-15)19(23)26-13-18(22)21(11-10-20)17-8-3-2-4-9-17/h2-9,12H,11,13-14H2,1H3. The summed E-state index contributed by atoms with van der Waals surface area (Å²) in [6.07, 6.45) is 1.10. The first-order valence-corrected chi connectivity index (χ1v) is 10.0. The van der Waals surface area contributed by atoms with E-state index in [0.29, 0.717) is 11.3 Å². The fourth-order valence-corrected chi connectivity index (χ4v) is 3.17. The Morgan fingerprint density at radius 3 is 2.44 bits per heavy atom. The summed E-state index contributed by atoms with van der Waals surface area (Å²) in [5, 5.41) is 8.92. The van der Waals surface area contributed by atoms with E-state index in [1.807, 2.05) is 6.07 Å². The van der Waals surface area contributed by atoms with Crippen molar-refractivity contribution in [1.82, 2.24) is 0 Å². The summed E-state index contributed by atoms with van der Waals surface area (Å²) in [6, 6.07) is 16.5. The number of anilines is 1. The zero-order valence-corrected chi connectivity index (χ0v) is 15.5. The van der Waals surface area contributed by atoms with Crippen molar-refractivity contribution in [3.8, 4) is 6.07 Å². The van der Waals surface area contributed by atoms with Gasteiger partial charge in [-0.25, -0.2) is 13.2 Å². The highest BCUT2D eigenvalue weighted by molar-refractivity contribution is 7.89. The molecule has 1 amide bonds. The number of hydrogen-bond donors (Lipinski definition) is 0. The molecule has 0 heterocycles. The lowest BCUT2D eigenvalue weighted by atomic mass is 10.1. The molecule has 7 nitrogen and oxygen atoms in total. The van der Waals surface area contributed by atoms with Crippen LogP contribution in [0.25, 0.3) is 0 Å². The van der Waals surface area contributed by atoms with E-state index >= 15 is 0 Å². The van der Waals surface area contributed by atoms with Crippen LogP contribution >= 0.6 is 0 Å². The van der Waals surface area contributed by atoms with Gasteiger partial charge in [-0.15, -0.1) is 0 Å². The highest BCUT2D eigenvalue weighted by Gasteiger charge is 2.18. The summed E-state index contributed by atoms with van der Waals surface area (Å²) in [6.45, 7) is -0.712. The summed E-state index contributed by atoms with van der Waals surface area (Å²) >= 11 is 0. The van der Waals surface area contributed by atoms with Gasteiger partial charge in [-0.05, 0) is 29.8 Å². The summed E-state index contributed by atoms with van der Waals surface area (Å²) in [4.78, 5) is 25.7. The second-order valence-electron chi connectivity index (χ2n) is 5.82. The van der Waals surface area contributed by atoms with Crippen molar-refractivity contribution in [3.05, 3.63) is 65.7 Å². The largest absolute Gasteiger partial charge is 0.452 e. The van der Waals surface area contributed by atoms with E-state index in [2.05, 4.69) is 0 Å². The van der Waals surface area contributed by atoms with Crippen LogP contribution < -0.4 is 4.90 Å². The Balaban J connectivity index is 2.05. The number of sulfone groups is 1. The van der Waals surface area contributed by atoms with Gasteiger partial charge in [0.2, 0.25) is 0 Å². The molecule has 140 valence electrons. The predicted molar refractivity (Wildman–Crippen MR) is 99.7 cm³/mol. The molecule has 0 radical (unpaired) electrons. The fourth-order valence-electron chi connectivity index (χ4n) is 2.38. The van der Waals surface area contributed by atoms with Crippen LogP contribution in [0.1, 0.15) is 15.9 Å². The van der Waals surface area contributed by atoms with Crippen molar-refractivity contribution in [2.75, 3.05) is 24.3 Å². The average molecular weight is 386 g/mol. The number of carbonyl (C=O) groups excluding carboxylic acids is 2. The first-order valence-electron chi connectivity index (χ1n) is 7.96. The number of nitrogens with zero attached hydrogens (tertiary/aromatic N) is 2. The molecule has 2 rings (SSSR count). The SMILES string of the molecule is CS(=O)(=O)Cc1cccc(C(=O)OCC(=O)N(CC#N)c2ccccc2)c1. The maximum atomic E-state index is 12.3. The van der Waals surface area contributed by atoms with E-state index in [-0.39, 0.29) is 17.9 Å². The fraction of sp³-hybridized carbons (Fsp3) is 0.211. The molecule has 8 heteroatoms. The number of para-hydroxylation sites is 1. The van der Waals surface area contributed by atoms with Crippen LogP contribution in [0.15, 0.2) is 54.6 Å². The Labute approximate surface area is 157 Å². The monoisotopic (exact) mass is 386 g/mol. The van der Waals surface area contributed by atoms with Gasteiger partial charge in [-0.2, -0.15) is 5.26 Å². The minimum absolute atomic E-state index is 0.149. The van der Waals surface area contributed by atoms with Gasteiger partial charge in [0.25, 0.3) is 5.91 Å². The lowest BCUT2D eigenvalue weighted by Gasteiger charge is -2.19. The number of rotatable bonds is 7. The Hall–Kier alpha value is -3.18. The highest BCUT2D eigenvalue weighted by Crippen LogP contribution is 2.14. The van der Waals surface area contributed by atoms with Gasteiger partial charge in [-0.3, -0.25) is 9.69 Å². The molecular weight excluding hydrogens is 368 g/mol. The van der Waals surface area contributed by atoms with Crippen molar-refractivity contribution in [3.63, 3.8) is 0 Å². The molecule has 0 spiro atoms. The zero-order chi connectivity index (χ0) is 19.9. The first-order chi connectivity index (χ1) is 12.8. The van der Waals surface area contributed by atoms with Crippen LogP contribution in [-0.2, 0) is 25.1 Å². The van der Waals surface area contributed by atoms with Gasteiger partial charge in [0, 0.05) is 11.9 Å². The van der Waals surface area contributed by atoms with E-state index in [0.717, 1.165) is 6.26 Å². The molecule has 0 bridgehead atoms. The van der Waals surface area contributed by atoms with Gasteiger partial charge in [0.15, 0.2) is 16.4 Å². The Bertz CT molecular complexity index is 965. The second kappa shape index (κ2) is 8.96. The third-order valence-corrected chi connectivity index (χ3v) is 4.37. The number of amides is 1. The number of benzene rings is 2. The number of ether oxygens (including phenoxy) is 1. The molecule has 0 N–H and O–H groups in total. The molecule has 0 saturated heterocycles. The predicted octanol–water partition coefficient (Wildman–Crippen LogP) is 1.94. The van der Waals surface area contributed by atoms with Crippen LogP contribution in [0.3, 0.4) is 0 Å². The van der Waals surface area contributed by atoms with Gasteiger partial charge in [0.1, 0.15) is 6.54 Å². The number of hydrogen-bond acceptors (Lipinski definition) is 6. The van der Waals surface area contributed by atoms with E-state index in [1.165, 1.54) is 17.0 Å². The molecule has 0 aliphatic rings. The Morgan fingerprint density at radius 2 is 1.81 bits per heavy atom. The number of nitriles is 1. The van der Waals surface area contributed by atoms with Crippen LogP contribution in [0.2, 0.25) is 0 Å². The molecule has 0 aromatic heterocycles. The molecule has 0 aliphatic heterocycles. The maximum Gasteiger partial charge on any atom is 0.338 e. The Morgan fingerprint density at radius 1 is 1.11 bits per heavy atom. The van der Waals surface area contributed by atoms with Crippen LogP contribution in [0.4, 0.5) is 5.69 Å². The van der Waals surface area contributed by atoms with Crippen LogP contribution in [-0.4, -0.2) is 39.7 Å². The lowest BCUT2D eigenvalue weighted by molar-refractivity contribution is -0.121. The number of esters is 1. The number of carbonyl (C=O) groups is 2. The van der Waals surface area contributed by atoms with E-state index in [1.54, 1.807) is 42.5 Å². The molecule has 0 fully saturated rings. The third kappa shape index (κ3) is 6.24. The summed E-state index contributed by atoms with van der Waals surface area (Å²) in [7, 11) is -3.24. The van der Waals surface area contributed by atoms with E-state index in [4.69, 9.17) is 10.00 Å². The van der Waals surface area contributed by atoms with Crippen molar-refractivity contribution in [1.29, 1.82) is 5.26 Å². The smallest absolute Gasteiger partial charge is 0.338 e. The summed E-state index contributed by atoms with van der Waals surface area (Å²) in [5.41, 5.74) is 1.12. The molecule has 2 aromatic rings. The Kier molecular flexibility index (Phi) is 6.68. The molecule has 27 heavy (non-hydrogen) atoms. The van der Waals surface area contributed by atoms with E-state index in [9.17, 15) is 18.0 Å². The minimum atomic E-state index is -3.24. The molecule has 0 unspecified atom stereocenters. The van der Waals surface area contributed by atoms with Crippen molar-refractivity contribution >= 4 is 27.4 Å². The summed E-state index contributed by atoms with van der Waals surface area (Å²) in [5.74, 6) is -1.48. The summed E-state index contributed by atoms with van der Waals surface area (Å²) < 4.78 is 27.8. The minimum Gasteiger partial charge on any atom is -0.452 e. The molecule has 0 aliphatic carbocycles.